The van der Waals surface area contributed by atoms with Gasteiger partial charge in [0, 0.05) is 4.47 Å². The average Bonchev–Trinajstić information content (AvgIpc) is 2.89. The number of ether oxygens (including phenoxy) is 1. The first kappa shape index (κ1) is 18.2. The zero-order valence-electron chi connectivity index (χ0n) is 13.5. The van der Waals surface area contributed by atoms with Crippen LogP contribution in [-0.2, 0) is 11.3 Å². The predicted molar refractivity (Wildman–Crippen MR) is 103 cm³/mol. The minimum Gasteiger partial charge on any atom is -0.479 e. The molecule has 3 rings (SSSR count). The molecule has 1 fully saturated rings. The Kier molecular flexibility index (Phi) is 5.76. The lowest BCUT2D eigenvalue weighted by Gasteiger charge is -2.13. The third kappa shape index (κ3) is 4.15. The molecule has 0 saturated carbocycles. The van der Waals surface area contributed by atoms with Gasteiger partial charge in [0.15, 0.2) is 6.61 Å². The molecule has 0 atom stereocenters. The van der Waals surface area contributed by atoms with Crippen LogP contribution in [0.15, 0.2) is 57.9 Å². The summed E-state index contributed by atoms with van der Waals surface area (Å²) in [6, 6.07) is 16.4. The van der Waals surface area contributed by atoms with Crippen molar-refractivity contribution in [2.24, 2.45) is 0 Å². The molecule has 0 radical (unpaired) electrons. The van der Waals surface area contributed by atoms with Crippen molar-refractivity contribution < 1.29 is 14.3 Å². The maximum atomic E-state index is 12.6. The van der Waals surface area contributed by atoms with Crippen molar-refractivity contribution >= 4 is 44.9 Å². The zero-order chi connectivity index (χ0) is 18.5. The van der Waals surface area contributed by atoms with Gasteiger partial charge in [-0.05, 0) is 47.2 Å². The highest BCUT2D eigenvalue weighted by atomic mass is 79.9. The second-order valence-corrected chi connectivity index (χ2v) is 7.23. The fraction of sp³-hybridized carbons (Fsp3) is 0.105. The molecule has 0 unspecified atom stereocenters. The SMILES string of the molecule is N#CCOc1cccc(/C=C2\SC(=O)N(Cc3ccccc3Br)C2=O)c1. The second kappa shape index (κ2) is 8.21. The number of nitriles is 1. The van der Waals surface area contributed by atoms with Gasteiger partial charge < -0.3 is 4.74 Å². The third-order valence-corrected chi connectivity index (χ3v) is 5.30. The molecule has 1 aliphatic heterocycles. The first-order valence-corrected chi connectivity index (χ1v) is 9.28. The summed E-state index contributed by atoms with van der Waals surface area (Å²) >= 11 is 4.35. The largest absolute Gasteiger partial charge is 0.479 e. The number of hydrogen-bond acceptors (Lipinski definition) is 5. The van der Waals surface area contributed by atoms with E-state index in [4.69, 9.17) is 10.00 Å². The molecule has 0 aliphatic carbocycles. The molecule has 0 bridgehead atoms. The van der Waals surface area contributed by atoms with Crippen LogP contribution < -0.4 is 4.74 Å². The molecule has 1 heterocycles. The maximum Gasteiger partial charge on any atom is 0.293 e. The van der Waals surface area contributed by atoms with Crippen LogP contribution in [0, 0.1) is 11.3 Å². The van der Waals surface area contributed by atoms with Crippen molar-refractivity contribution in [2.45, 2.75) is 6.54 Å². The van der Waals surface area contributed by atoms with E-state index in [1.807, 2.05) is 30.3 Å². The summed E-state index contributed by atoms with van der Waals surface area (Å²) in [7, 11) is 0. The highest BCUT2D eigenvalue weighted by molar-refractivity contribution is 9.10. The number of imide groups is 1. The van der Waals surface area contributed by atoms with Gasteiger partial charge in [0.2, 0.25) is 0 Å². The molecule has 1 saturated heterocycles. The van der Waals surface area contributed by atoms with E-state index >= 15 is 0 Å². The quantitative estimate of drug-likeness (QED) is 0.651. The Balaban J connectivity index is 1.79. The van der Waals surface area contributed by atoms with Gasteiger partial charge in [-0.25, -0.2) is 0 Å². The van der Waals surface area contributed by atoms with Gasteiger partial charge in [-0.3, -0.25) is 14.5 Å². The van der Waals surface area contributed by atoms with Crippen molar-refractivity contribution in [1.29, 1.82) is 5.26 Å². The van der Waals surface area contributed by atoms with E-state index in [2.05, 4.69) is 15.9 Å². The third-order valence-electron chi connectivity index (χ3n) is 3.62. The number of carbonyl (C=O) groups is 2. The van der Waals surface area contributed by atoms with Crippen molar-refractivity contribution in [1.82, 2.24) is 4.90 Å². The minimum absolute atomic E-state index is 0.0497. The highest BCUT2D eigenvalue weighted by Gasteiger charge is 2.35. The van der Waals surface area contributed by atoms with Crippen LogP contribution in [0.25, 0.3) is 6.08 Å². The summed E-state index contributed by atoms with van der Waals surface area (Å²) in [4.78, 5) is 26.5. The van der Waals surface area contributed by atoms with Crippen molar-refractivity contribution in [3.05, 3.63) is 69.0 Å². The Morgan fingerprint density at radius 1 is 1.19 bits per heavy atom. The summed E-state index contributed by atoms with van der Waals surface area (Å²) in [5.41, 5.74) is 1.59. The van der Waals surface area contributed by atoms with Gasteiger partial charge in [0.1, 0.15) is 11.8 Å². The lowest BCUT2D eigenvalue weighted by atomic mass is 10.2. The topological polar surface area (TPSA) is 70.4 Å². The molecule has 2 amide bonds. The molecule has 5 nitrogen and oxygen atoms in total. The van der Waals surface area contributed by atoms with Crippen LogP contribution >= 0.6 is 27.7 Å². The maximum absolute atomic E-state index is 12.6. The van der Waals surface area contributed by atoms with Crippen LogP contribution in [0.5, 0.6) is 5.75 Å². The number of benzene rings is 2. The Labute approximate surface area is 163 Å². The standard InChI is InChI=1S/C19H13BrN2O3S/c20-16-7-2-1-5-14(16)12-22-18(23)17(26-19(22)24)11-13-4-3-6-15(10-13)25-9-8-21/h1-7,10-11H,9,12H2/b17-11-. The number of nitrogens with zero attached hydrogens (tertiary/aromatic N) is 2. The summed E-state index contributed by atoms with van der Waals surface area (Å²) in [5.74, 6) is 0.215. The van der Waals surface area contributed by atoms with E-state index < -0.39 is 0 Å². The van der Waals surface area contributed by atoms with Crippen LogP contribution in [-0.4, -0.2) is 22.7 Å². The fourth-order valence-electron chi connectivity index (χ4n) is 2.39. The summed E-state index contributed by atoms with van der Waals surface area (Å²) in [5, 5.41) is 8.28. The first-order valence-electron chi connectivity index (χ1n) is 7.67. The van der Waals surface area contributed by atoms with E-state index in [0.717, 1.165) is 27.4 Å². The molecule has 2 aromatic carbocycles. The van der Waals surface area contributed by atoms with E-state index in [0.29, 0.717) is 10.7 Å². The number of halogens is 1. The molecular weight excluding hydrogens is 416 g/mol. The average molecular weight is 429 g/mol. The predicted octanol–water partition coefficient (Wildman–Crippen LogP) is 4.59. The number of hydrogen-bond donors (Lipinski definition) is 0. The Morgan fingerprint density at radius 2 is 2.00 bits per heavy atom. The van der Waals surface area contributed by atoms with Gasteiger partial charge in [-0.1, -0.05) is 46.3 Å². The smallest absolute Gasteiger partial charge is 0.293 e. The summed E-state index contributed by atoms with van der Waals surface area (Å²) in [6.07, 6.45) is 1.66. The zero-order valence-corrected chi connectivity index (χ0v) is 15.9. The number of amides is 2. The van der Waals surface area contributed by atoms with Crippen LogP contribution in [0.4, 0.5) is 4.79 Å². The van der Waals surface area contributed by atoms with Gasteiger partial charge in [-0.2, -0.15) is 5.26 Å². The second-order valence-electron chi connectivity index (χ2n) is 5.38. The molecule has 130 valence electrons. The molecular formula is C19H13BrN2O3S. The van der Waals surface area contributed by atoms with E-state index in [1.54, 1.807) is 30.3 Å². The van der Waals surface area contributed by atoms with Crippen molar-refractivity contribution in [3.63, 3.8) is 0 Å². The van der Waals surface area contributed by atoms with Gasteiger partial charge in [0.05, 0.1) is 11.4 Å². The molecule has 1 aliphatic rings. The normalized spacial score (nSPS) is 15.4. The van der Waals surface area contributed by atoms with Crippen molar-refractivity contribution in [2.75, 3.05) is 6.61 Å². The Morgan fingerprint density at radius 3 is 2.77 bits per heavy atom. The minimum atomic E-state index is -0.320. The molecule has 26 heavy (non-hydrogen) atoms. The van der Waals surface area contributed by atoms with Crippen LogP contribution in [0.1, 0.15) is 11.1 Å². The Bertz CT molecular complexity index is 936. The van der Waals surface area contributed by atoms with Crippen molar-refractivity contribution in [3.8, 4) is 11.8 Å². The monoisotopic (exact) mass is 428 g/mol. The molecule has 0 N–H and O–H groups in total. The fourth-order valence-corrected chi connectivity index (χ4v) is 3.64. The van der Waals surface area contributed by atoms with Gasteiger partial charge in [0.25, 0.3) is 11.1 Å². The van der Waals surface area contributed by atoms with Gasteiger partial charge >= 0.3 is 0 Å². The Hall–Kier alpha value is -2.56. The van der Waals surface area contributed by atoms with Gasteiger partial charge in [-0.15, -0.1) is 0 Å². The molecule has 0 spiro atoms. The number of rotatable bonds is 5. The molecule has 2 aromatic rings. The lowest BCUT2D eigenvalue weighted by molar-refractivity contribution is -0.123. The van der Waals surface area contributed by atoms with E-state index in [9.17, 15) is 9.59 Å². The lowest BCUT2D eigenvalue weighted by Crippen LogP contribution is -2.27. The molecule has 7 heteroatoms. The van der Waals surface area contributed by atoms with Crippen LogP contribution in [0.3, 0.4) is 0 Å². The van der Waals surface area contributed by atoms with Crippen LogP contribution in [0.2, 0.25) is 0 Å². The highest BCUT2D eigenvalue weighted by Crippen LogP contribution is 2.34. The first-order chi connectivity index (χ1) is 12.6. The summed E-state index contributed by atoms with van der Waals surface area (Å²) < 4.78 is 6.11. The molecule has 0 aromatic heterocycles. The van der Waals surface area contributed by atoms with E-state index in [-0.39, 0.29) is 24.3 Å². The van der Waals surface area contributed by atoms with E-state index in [1.165, 1.54) is 4.90 Å². The number of carbonyl (C=O) groups excluding carboxylic acids is 2. The summed E-state index contributed by atoms with van der Waals surface area (Å²) in [6.45, 7) is 0.167. The number of thioether (sulfide) groups is 1.